The summed E-state index contributed by atoms with van der Waals surface area (Å²) in [5, 5.41) is 3.21. The van der Waals surface area contributed by atoms with Gasteiger partial charge in [-0.1, -0.05) is 5.92 Å². The van der Waals surface area contributed by atoms with Crippen LogP contribution in [0.5, 0.6) is 0 Å². The third-order valence-electron chi connectivity index (χ3n) is 2.15. The van der Waals surface area contributed by atoms with Gasteiger partial charge in [-0.3, -0.25) is 4.98 Å². The first-order valence-corrected chi connectivity index (χ1v) is 4.03. The van der Waals surface area contributed by atoms with Crippen LogP contribution in [-0.4, -0.2) is 18.1 Å². The zero-order chi connectivity index (χ0) is 8.39. The van der Waals surface area contributed by atoms with Crippen molar-refractivity contribution in [2.24, 2.45) is 0 Å². The van der Waals surface area contributed by atoms with Crippen molar-refractivity contribution in [3.05, 3.63) is 29.6 Å². The molecular weight excluding hydrogens is 148 g/mol. The maximum absolute atomic E-state index is 5.22. The fourth-order valence-electron chi connectivity index (χ4n) is 1.23. The van der Waals surface area contributed by atoms with Crippen LogP contribution in [0, 0.1) is 12.3 Å². The molecule has 1 aromatic heterocycles. The van der Waals surface area contributed by atoms with Gasteiger partial charge in [0.15, 0.2) is 0 Å². The van der Waals surface area contributed by atoms with Gasteiger partial charge in [0.2, 0.25) is 0 Å². The van der Waals surface area contributed by atoms with E-state index >= 15 is 0 Å². The zero-order valence-corrected chi connectivity index (χ0v) is 6.75. The molecule has 2 rings (SSSR count). The molecule has 0 aromatic carbocycles. The first kappa shape index (κ1) is 7.33. The van der Waals surface area contributed by atoms with E-state index in [1.54, 1.807) is 6.20 Å². The van der Waals surface area contributed by atoms with E-state index in [2.05, 4.69) is 16.2 Å². The second kappa shape index (κ2) is 2.96. The molecule has 2 nitrogen and oxygen atoms in total. The Morgan fingerprint density at radius 2 is 2.33 bits per heavy atom. The Kier molecular flexibility index (Phi) is 1.81. The van der Waals surface area contributed by atoms with Crippen LogP contribution >= 0.6 is 0 Å². The van der Waals surface area contributed by atoms with Crippen LogP contribution in [0.4, 0.5) is 0 Å². The smallest absolute Gasteiger partial charge is 0.0460 e. The molecule has 1 N–H and O–H groups in total. The normalized spacial score (nSPS) is 16.6. The van der Waals surface area contributed by atoms with Gasteiger partial charge in [-0.05, 0) is 12.1 Å². The minimum atomic E-state index is 0.594. The molecule has 0 spiro atoms. The van der Waals surface area contributed by atoms with Gasteiger partial charge < -0.3 is 5.32 Å². The molecule has 12 heavy (non-hydrogen) atoms. The van der Waals surface area contributed by atoms with Gasteiger partial charge in [-0.15, -0.1) is 6.42 Å². The van der Waals surface area contributed by atoms with Crippen molar-refractivity contribution in [3.8, 4) is 12.3 Å². The first-order valence-electron chi connectivity index (χ1n) is 4.03. The average Bonchev–Trinajstić information content (AvgIpc) is 2.03. The zero-order valence-electron chi connectivity index (χ0n) is 6.75. The van der Waals surface area contributed by atoms with E-state index in [9.17, 15) is 0 Å². The molecule has 0 saturated carbocycles. The highest BCUT2D eigenvalue weighted by atomic mass is 15.0. The summed E-state index contributed by atoms with van der Waals surface area (Å²) in [7, 11) is 0. The molecule has 1 aromatic rings. The van der Waals surface area contributed by atoms with Crippen molar-refractivity contribution in [2.45, 2.75) is 5.92 Å². The van der Waals surface area contributed by atoms with Gasteiger partial charge in [0.05, 0.1) is 0 Å². The maximum atomic E-state index is 5.22. The van der Waals surface area contributed by atoms with E-state index in [1.807, 2.05) is 12.1 Å². The Labute approximate surface area is 72.0 Å². The summed E-state index contributed by atoms with van der Waals surface area (Å²) in [6.07, 6.45) is 6.98. The van der Waals surface area contributed by atoms with E-state index < -0.39 is 0 Å². The highest BCUT2D eigenvalue weighted by molar-refractivity contribution is 5.31. The standard InChI is InChI=1S/C10H10N2/c1-2-8-3-4-10(12-5-8)9-6-11-7-9/h1,3-5,9,11H,6-7H2. The van der Waals surface area contributed by atoms with Crippen molar-refractivity contribution in [1.29, 1.82) is 0 Å². The number of nitrogens with zero attached hydrogens (tertiary/aromatic N) is 1. The predicted octanol–water partition coefficient (Wildman–Crippen LogP) is 0.750. The van der Waals surface area contributed by atoms with Crippen molar-refractivity contribution in [2.75, 3.05) is 13.1 Å². The fraction of sp³-hybridized carbons (Fsp3) is 0.300. The number of nitrogens with one attached hydrogen (secondary N) is 1. The number of hydrogen-bond acceptors (Lipinski definition) is 2. The monoisotopic (exact) mass is 158 g/mol. The third kappa shape index (κ3) is 1.19. The second-order valence-electron chi connectivity index (χ2n) is 2.97. The maximum Gasteiger partial charge on any atom is 0.0460 e. The van der Waals surface area contributed by atoms with Gasteiger partial charge in [0, 0.05) is 36.5 Å². The number of pyridine rings is 1. The molecule has 0 bridgehead atoms. The number of hydrogen-bond donors (Lipinski definition) is 1. The van der Waals surface area contributed by atoms with Crippen LogP contribution in [0.15, 0.2) is 18.3 Å². The van der Waals surface area contributed by atoms with Gasteiger partial charge in [-0.2, -0.15) is 0 Å². The van der Waals surface area contributed by atoms with Crippen LogP contribution < -0.4 is 5.32 Å². The Morgan fingerprint density at radius 3 is 2.75 bits per heavy atom. The lowest BCUT2D eigenvalue weighted by atomic mass is 9.98. The van der Waals surface area contributed by atoms with Gasteiger partial charge in [-0.25, -0.2) is 0 Å². The second-order valence-corrected chi connectivity index (χ2v) is 2.97. The molecule has 1 aliphatic heterocycles. The highest BCUT2D eigenvalue weighted by Gasteiger charge is 2.19. The van der Waals surface area contributed by atoms with Crippen LogP contribution in [0.2, 0.25) is 0 Å². The van der Waals surface area contributed by atoms with Crippen molar-refractivity contribution < 1.29 is 0 Å². The first-order chi connectivity index (χ1) is 5.90. The van der Waals surface area contributed by atoms with Crippen molar-refractivity contribution in [3.63, 3.8) is 0 Å². The highest BCUT2D eigenvalue weighted by Crippen LogP contribution is 2.16. The summed E-state index contributed by atoms with van der Waals surface area (Å²) in [6.45, 7) is 2.09. The molecule has 2 heterocycles. The Bertz CT molecular complexity index is 304. The fourth-order valence-corrected chi connectivity index (χ4v) is 1.23. The summed E-state index contributed by atoms with van der Waals surface area (Å²) in [4.78, 5) is 4.29. The third-order valence-corrected chi connectivity index (χ3v) is 2.15. The molecule has 2 heteroatoms. The molecule has 0 radical (unpaired) electrons. The summed E-state index contributed by atoms with van der Waals surface area (Å²) >= 11 is 0. The lowest BCUT2D eigenvalue weighted by Gasteiger charge is -2.26. The molecule has 1 saturated heterocycles. The van der Waals surface area contributed by atoms with E-state index in [-0.39, 0.29) is 0 Å². The van der Waals surface area contributed by atoms with Crippen molar-refractivity contribution in [1.82, 2.24) is 10.3 Å². The summed E-state index contributed by atoms with van der Waals surface area (Å²) in [5.41, 5.74) is 2.00. The van der Waals surface area contributed by atoms with E-state index in [4.69, 9.17) is 6.42 Å². The Balaban J connectivity index is 2.19. The van der Waals surface area contributed by atoms with E-state index in [0.717, 1.165) is 24.3 Å². The molecular formula is C10H10N2. The van der Waals surface area contributed by atoms with Crippen LogP contribution in [0.1, 0.15) is 17.2 Å². The van der Waals surface area contributed by atoms with Gasteiger partial charge in [0.1, 0.15) is 0 Å². The quantitative estimate of drug-likeness (QED) is 0.610. The van der Waals surface area contributed by atoms with Crippen LogP contribution in [0.25, 0.3) is 0 Å². The number of rotatable bonds is 1. The van der Waals surface area contributed by atoms with Gasteiger partial charge >= 0.3 is 0 Å². The van der Waals surface area contributed by atoms with Crippen LogP contribution in [-0.2, 0) is 0 Å². The summed E-state index contributed by atoms with van der Waals surface area (Å²) in [5.74, 6) is 3.15. The summed E-state index contributed by atoms with van der Waals surface area (Å²) in [6, 6.07) is 3.96. The molecule has 0 aliphatic carbocycles. The van der Waals surface area contributed by atoms with Gasteiger partial charge in [0.25, 0.3) is 0 Å². The summed E-state index contributed by atoms with van der Waals surface area (Å²) < 4.78 is 0. The molecule has 60 valence electrons. The number of aromatic nitrogens is 1. The largest absolute Gasteiger partial charge is 0.315 e. The SMILES string of the molecule is C#Cc1ccc(C2CNC2)nc1. The van der Waals surface area contributed by atoms with E-state index in [0.29, 0.717) is 5.92 Å². The lowest BCUT2D eigenvalue weighted by molar-refractivity contribution is 0.440. The van der Waals surface area contributed by atoms with Crippen LogP contribution in [0.3, 0.4) is 0 Å². The molecule has 0 atom stereocenters. The molecule has 0 unspecified atom stereocenters. The van der Waals surface area contributed by atoms with E-state index in [1.165, 1.54) is 0 Å². The minimum Gasteiger partial charge on any atom is -0.315 e. The lowest BCUT2D eigenvalue weighted by Crippen LogP contribution is -2.40. The molecule has 1 fully saturated rings. The Morgan fingerprint density at radius 1 is 1.50 bits per heavy atom. The number of terminal acetylenes is 1. The average molecular weight is 158 g/mol. The Hall–Kier alpha value is -1.33. The molecule has 0 amide bonds. The topological polar surface area (TPSA) is 24.9 Å². The minimum absolute atomic E-state index is 0.594. The van der Waals surface area contributed by atoms with Crippen molar-refractivity contribution >= 4 is 0 Å². The molecule has 1 aliphatic rings. The predicted molar refractivity (Wildman–Crippen MR) is 47.8 cm³/mol.